The quantitative estimate of drug-likeness (QED) is 0.426. The van der Waals surface area contributed by atoms with Gasteiger partial charge in [0.05, 0.1) is 19.1 Å². The number of ether oxygens (including phenoxy) is 1. The molecule has 188 valence electrons. The minimum Gasteiger partial charge on any atom is -0.465 e. The van der Waals surface area contributed by atoms with E-state index in [0.717, 1.165) is 36.1 Å². The lowest BCUT2D eigenvalue weighted by Gasteiger charge is -2.33. The fraction of sp³-hybridized carbons (Fsp3) is 0.357. The Hall–Kier alpha value is -3.52. The molecule has 1 aliphatic rings. The third-order valence-electron chi connectivity index (χ3n) is 6.46. The molecular weight excluding hydrogens is 474 g/mol. The first-order chi connectivity index (χ1) is 17.5. The number of nitrogens with zero attached hydrogens (tertiary/aromatic N) is 2. The summed E-state index contributed by atoms with van der Waals surface area (Å²) in [5.74, 6) is -0.816. The Balaban J connectivity index is 1.69. The molecule has 1 N–H and O–H groups in total. The van der Waals surface area contributed by atoms with E-state index in [9.17, 15) is 14.4 Å². The molecule has 1 atom stereocenters. The third kappa shape index (κ3) is 6.57. The summed E-state index contributed by atoms with van der Waals surface area (Å²) in [6.45, 7) is 0.236. The van der Waals surface area contributed by atoms with Gasteiger partial charge in [0, 0.05) is 29.9 Å². The first kappa shape index (κ1) is 25.6. The number of pyridine rings is 1. The van der Waals surface area contributed by atoms with Gasteiger partial charge in [-0.1, -0.05) is 43.5 Å². The van der Waals surface area contributed by atoms with Gasteiger partial charge in [-0.05, 0) is 53.6 Å². The molecule has 7 nitrogen and oxygen atoms in total. The van der Waals surface area contributed by atoms with Crippen molar-refractivity contribution in [2.45, 2.75) is 57.2 Å². The van der Waals surface area contributed by atoms with Crippen LogP contribution in [0.5, 0.6) is 0 Å². The Bertz CT molecular complexity index is 1140. The number of hydrogen-bond donors (Lipinski definition) is 1. The Kier molecular flexibility index (Phi) is 8.84. The minimum absolute atomic E-state index is 0.0933. The number of hydrogen-bond acceptors (Lipinski definition) is 6. The van der Waals surface area contributed by atoms with Crippen molar-refractivity contribution >= 4 is 29.1 Å². The summed E-state index contributed by atoms with van der Waals surface area (Å²) in [6, 6.07) is 13.5. The number of carbonyl (C=O) groups excluding carboxylic acids is 3. The van der Waals surface area contributed by atoms with Crippen LogP contribution in [0, 0.1) is 0 Å². The van der Waals surface area contributed by atoms with Crippen molar-refractivity contribution in [3.05, 3.63) is 87.9 Å². The van der Waals surface area contributed by atoms with Gasteiger partial charge in [-0.15, -0.1) is 11.3 Å². The molecule has 0 spiro atoms. The molecule has 1 aromatic carbocycles. The molecule has 4 rings (SSSR count). The van der Waals surface area contributed by atoms with Crippen molar-refractivity contribution in [1.29, 1.82) is 0 Å². The zero-order valence-corrected chi connectivity index (χ0v) is 21.2. The molecule has 2 heterocycles. The second kappa shape index (κ2) is 12.4. The average Bonchev–Trinajstić information content (AvgIpc) is 3.42. The van der Waals surface area contributed by atoms with Crippen LogP contribution in [0.15, 0.2) is 66.3 Å². The zero-order chi connectivity index (χ0) is 25.3. The smallest absolute Gasteiger partial charge is 0.337 e. The number of rotatable bonds is 9. The summed E-state index contributed by atoms with van der Waals surface area (Å²) < 4.78 is 4.82. The fourth-order valence-electron chi connectivity index (χ4n) is 4.59. The minimum atomic E-state index is -0.855. The van der Waals surface area contributed by atoms with E-state index >= 15 is 0 Å². The van der Waals surface area contributed by atoms with E-state index in [4.69, 9.17) is 4.74 Å². The number of aromatic nitrogens is 1. The Morgan fingerprint density at radius 2 is 1.86 bits per heavy atom. The van der Waals surface area contributed by atoms with E-state index in [1.165, 1.54) is 24.9 Å². The van der Waals surface area contributed by atoms with Crippen LogP contribution in [-0.4, -0.2) is 40.8 Å². The van der Waals surface area contributed by atoms with Gasteiger partial charge < -0.3 is 15.0 Å². The molecule has 2 aromatic heterocycles. The average molecular weight is 506 g/mol. The molecule has 1 saturated carbocycles. The van der Waals surface area contributed by atoms with E-state index in [1.807, 2.05) is 29.6 Å². The lowest BCUT2D eigenvalue weighted by atomic mass is 9.94. The van der Waals surface area contributed by atoms with Crippen molar-refractivity contribution in [2.75, 3.05) is 7.11 Å². The van der Waals surface area contributed by atoms with Crippen LogP contribution in [0.4, 0.5) is 0 Å². The lowest BCUT2D eigenvalue weighted by Crippen LogP contribution is -2.47. The number of esters is 1. The van der Waals surface area contributed by atoms with Crippen LogP contribution in [0.1, 0.15) is 64.5 Å². The summed E-state index contributed by atoms with van der Waals surface area (Å²) >= 11 is 1.52. The highest BCUT2D eigenvalue weighted by Crippen LogP contribution is 2.27. The zero-order valence-electron chi connectivity index (χ0n) is 20.4. The summed E-state index contributed by atoms with van der Waals surface area (Å²) in [4.78, 5) is 46.3. The summed E-state index contributed by atoms with van der Waals surface area (Å²) in [5.41, 5.74) is 1.86. The first-order valence-electron chi connectivity index (χ1n) is 12.2. The molecule has 2 amide bonds. The molecular formula is C28H31N3O4S. The van der Waals surface area contributed by atoms with Gasteiger partial charge in [0.15, 0.2) is 0 Å². The molecule has 1 unspecified atom stereocenters. The summed E-state index contributed by atoms with van der Waals surface area (Å²) in [7, 11) is 1.33. The maximum absolute atomic E-state index is 13.8. The normalized spacial score (nSPS) is 14.6. The SMILES string of the molecule is COC(=O)c1ccc(C(C(=O)NC2CCCCC2)N(Cc2cccnc2)C(=O)Cc2cccs2)cc1. The van der Waals surface area contributed by atoms with E-state index in [0.29, 0.717) is 11.1 Å². The Morgan fingerprint density at radius 1 is 1.08 bits per heavy atom. The second-order valence-electron chi connectivity index (χ2n) is 9.00. The Morgan fingerprint density at radius 3 is 2.50 bits per heavy atom. The molecule has 0 radical (unpaired) electrons. The number of nitrogens with one attached hydrogen (secondary N) is 1. The van der Waals surface area contributed by atoms with Crippen molar-refractivity contribution < 1.29 is 19.1 Å². The molecule has 1 aliphatic carbocycles. The van der Waals surface area contributed by atoms with Gasteiger partial charge >= 0.3 is 5.97 Å². The number of benzene rings is 1. The van der Waals surface area contributed by atoms with Gasteiger partial charge in [-0.3, -0.25) is 14.6 Å². The predicted molar refractivity (Wildman–Crippen MR) is 138 cm³/mol. The molecule has 8 heteroatoms. The van der Waals surface area contributed by atoms with E-state index in [-0.39, 0.29) is 30.8 Å². The molecule has 3 aromatic rings. The van der Waals surface area contributed by atoms with Crippen molar-refractivity contribution in [2.24, 2.45) is 0 Å². The molecule has 0 aliphatic heterocycles. The Labute approximate surface area is 215 Å². The summed E-state index contributed by atoms with van der Waals surface area (Å²) in [6.07, 6.45) is 8.81. The molecule has 0 saturated heterocycles. The largest absolute Gasteiger partial charge is 0.465 e. The van der Waals surface area contributed by atoms with Gasteiger partial charge in [0.2, 0.25) is 11.8 Å². The van der Waals surface area contributed by atoms with Gasteiger partial charge in [0.1, 0.15) is 6.04 Å². The predicted octanol–water partition coefficient (Wildman–Crippen LogP) is 4.69. The van der Waals surface area contributed by atoms with Crippen LogP contribution < -0.4 is 5.32 Å². The van der Waals surface area contributed by atoms with E-state index in [1.54, 1.807) is 41.6 Å². The van der Waals surface area contributed by atoms with Crippen LogP contribution in [0.25, 0.3) is 0 Å². The highest BCUT2D eigenvalue weighted by atomic mass is 32.1. The first-order valence-corrected chi connectivity index (χ1v) is 13.1. The molecule has 1 fully saturated rings. The van der Waals surface area contributed by atoms with Crippen LogP contribution >= 0.6 is 11.3 Å². The van der Waals surface area contributed by atoms with Crippen LogP contribution in [-0.2, 0) is 27.3 Å². The topological polar surface area (TPSA) is 88.6 Å². The molecule has 36 heavy (non-hydrogen) atoms. The number of methoxy groups -OCH3 is 1. The second-order valence-corrected chi connectivity index (χ2v) is 10.0. The van der Waals surface area contributed by atoms with Crippen molar-refractivity contribution in [3.63, 3.8) is 0 Å². The van der Waals surface area contributed by atoms with Crippen LogP contribution in [0.2, 0.25) is 0 Å². The maximum Gasteiger partial charge on any atom is 0.337 e. The third-order valence-corrected chi connectivity index (χ3v) is 7.34. The van der Waals surface area contributed by atoms with Crippen molar-refractivity contribution in [3.8, 4) is 0 Å². The van der Waals surface area contributed by atoms with Gasteiger partial charge in [0.25, 0.3) is 0 Å². The highest BCUT2D eigenvalue weighted by Gasteiger charge is 2.33. The van der Waals surface area contributed by atoms with E-state index in [2.05, 4.69) is 10.3 Å². The highest BCUT2D eigenvalue weighted by molar-refractivity contribution is 7.10. The number of amides is 2. The molecule has 0 bridgehead atoms. The van der Waals surface area contributed by atoms with Gasteiger partial charge in [-0.2, -0.15) is 0 Å². The van der Waals surface area contributed by atoms with Crippen molar-refractivity contribution in [1.82, 2.24) is 15.2 Å². The van der Waals surface area contributed by atoms with E-state index < -0.39 is 12.0 Å². The number of carbonyl (C=O) groups is 3. The standard InChI is InChI=1S/C28H31N3O4S/c1-35-28(34)22-13-11-21(12-14-22)26(27(33)30-23-8-3-2-4-9-23)31(19-20-7-5-15-29-18-20)25(32)17-24-10-6-16-36-24/h5-7,10-16,18,23,26H,2-4,8-9,17,19H2,1H3,(H,30,33). The summed E-state index contributed by atoms with van der Waals surface area (Å²) in [5, 5.41) is 5.15. The fourth-order valence-corrected chi connectivity index (χ4v) is 5.29. The van der Waals surface area contributed by atoms with Gasteiger partial charge in [-0.25, -0.2) is 4.79 Å². The number of thiophene rings is 1. The lowest BCUT2D eigenvalue weighted by molar-refractivity contribution is -0.141. The monoisotopic (exact) mass is 505 g/mol. The maximum atomic E-state index is 13.8. The van der Waals surface area contributed by atoms with Crippen LogP contribution in [0.3, 0.4) is 0 Å².